The maximum atomic E-state index is 13.5. The Kier molecular flexibility index (Phi) is 2.96. The van der Waals surface area contributed by atoms with Crippen LogP contribution in [-0.2, 0) is 0 Å². The van der Waals surface area contributed by atoms with Crippen molar-refractivity contribution in [3.05, 3.63) is 46.2 Å². The molecule has 0 fully saturated rings. The van der Waals surface area contributed by atoms with Crippen LogP contribution < -0.4 is 0 Å². The van der Waals surface area contributed by atoms with E-state index in [-0.39, 0.29) is 11.4 Å². The summed E-state index contributed by atoms with van der Waals surface area (Å²) in [6.07, 6.45) is 0. The van der Waals surface area contributed by atoms with Crippen LogP contribution in [0.4, 0.5) is 8.78 Å². The summed E-state index contributed by atoms with van der Waals surface area (Å²) in [5.74, 6) is -0.889. The van der Waals surface area contributed by atoms with Gasteiger partial charge in [-0.25, -0.2) is 18.7 Å². The molecule has 2 aromatic rings. The lowest BCUT2D eigenvalue weighted by Gasteiger charge is -2.03. The Hall–Kier alpha value is -1.36. The molecule has 2 rings (SSSR count). The molecule has 0 saturated heterocycles. The van der Waals surface area contributed by atoms with Gasteiger partial charge in [0.1, 0.15) is 16.2 Å². The average molecular weight is 285 g/mol. The molecular formula is C11H7BrF2N2. The van der Waals surface area contributed by atoms with Crippen LogP contribution in [0, 0.1) is 18.6 Å². The van der Waals surface area contributed by atoms with Crippen LogP contribution in [0.5, 0.6) is 0 Å². The molecule has 0 atom stereocenters. The molecule has 0 N–H and O–H groups in total. The smallest absolute Gasteiger partial charge is 0.163 e. The van der Waals surface area contributed by atoms with Gasteiger partial charge in [-0.05, 0) is 47.1 Å². The molecule has 16 heavy (non-hydrogen) atoms. The highest BCUT2D eigenvalue weighted by molar-refractivity contribution is 9.10. The predicted molar refractivity (Wildman–Crippen MR) is 59.8 cm³/mol. The van der Waals surface area contributed by atoms with Gasteiger partial charge in [-0.3, -0.25) is 0 Å². The van der Waals surface area contributed by atoms with Gasteiger partial charge in [0.05, 0.1) is 5.56 Å². The number of hydrogen-bond donors (Lipinski definition) is 0. The molecule has 82 valence electrons. The van der Waals surface area contributed by atoms with Crippen molar-refractivity contribution in [2.24, 2.45) is 0 Å². The molecule has 0 amide bonds. The number of benzene rings is 1. The average Bonchev–Trinajstić information content (AvgIpc) is 2.20. The lowest BCUT2D eigenvalue weighted by atomic mass is 10.2. The van der Waals surface area contributed by atoms with Crippen molar-refractivity contribution in [1.82, 2.24) is 9.97 Å². The summed E-state index contributed by atoms with van der Waals surface area (Å²) in [4.78, 5) is 8.06. The second-order valence-electron chi connectivity index (χ2n) is 3.28. The van der Waals surface area contributed by atoms with Gasteiger partial charge in [-0.2, -0.15) is 0 Å². The minimum absolute atomic E-state index is 0.0596. The molecule has 0 aliphatic rings. The van der Waals surface area contributed by atoms with E-state index in [2.05, 4.69) is 25.9 Å². The number of nitrogens with zero attached hydrogens (tertiary/aromatic N) is 2. The molecule has 0 unspecified atom stereocenters. The van der Waals surface area contributed by atoms with Crippen LogP contribution in [0.1, 0.15) is 5.69 Å². The van der Waals surface area contributed by atoms with E-state index in [4.69, 9.17) is 0 Å². The molecule has 5 heteroatoms. The first-order valence-corrected chi connectivity index (χ1v) is 5.32. The molecule has 1 heterocycles. The Morgan fingerprint density at radius 3 is 2.56 bits per heavy atom. The molecule has 1 aromatic heterocycles. The Morgan fingerprint density at radius 2 is 1.88 bits per heavy atom. The topological polar surface area (TPSA) is 25.8 Å². The van der Waals surface area contributed by atoms with E-state index in [1.807, 2.05) is 0 Å². The number of rotatable bonds is 1. The third-order valence-corrected chi connectivity index (χ3v) is 2.40. The van der Waals surface area contributed by atoms with Crippen LogP contribution in [-0.4, -0.2) is 9.97 Å². The number of aryl methyl sites for hydroxylation is 1. The normalized spacial score (nSPS) is 10.5. The second kappa shape index (κ2) is 4.25. The standard InChI is InChI=1S/C11H7BrF2N2/c1-6-4-10(12)16-11(15-6)8-5-7(13)2-3-9(8)14/h2-5H,1H3. The summed E-state index contributed by atoms with van der Waals surface area (Å²) in [5, 5.41) is 0. The third-order valence-electron chi connectivity index (χ3n) is 1.99. The molecule has 0 spiro atoms. The van der Waals surface area contributed by atoms with Crippen LogP contribution in [0.3, 0.4) is 0 Å². The Bertz CT molecular complexity index is 523. The van der Waals surface area contributed by atoms with E-state index in [0.717, 1.165) is 18.2 Å². The van der Waals surface area contributed by atoms with Crippen molar-refractivity contribution in [1.29, 1.82) is 0 Å². The summed E-state index contributed by atoms with van der Waals surface area (Å²) >= 11 is 3.19. The zero-order chi connectivity index (χ0) is 11.7. The Balaban J connectivity index is 2.62. The maximum Gasteiger partial charge on any atom is 0.163 e. The van der Waals surface area contributed by atoms with Crippen LogP contribution in [0.2, 0.25) is 0 Å². The van der Waals surface area contributed by atoms with E-state index in [9.17, 15) is 8.78 Å². The van der Waals surface area contributed by atoms with Gasteiger partial charge in [-0.1, -0.05) is 0 Å². The van der Waals surface area contributed by atoms with Gasteiger partial charge >= 0.3 is 0 Å². The highest BCUT2D eigenvalue weighted by atomic mass is 79.9. The predicted octanol–water partition coefficient (Wildman–Crippen LogP) is 3.49. The molecule has 0 aliphatic carbocycles. The van der Waals surface area contributed by atoms with Gasteiger partial charge in [-0.15, -0.1) is 0 Å². The maximum absolute atomic E-state index is 13.5. The quantitative estimate of drug-likeness (QED) is 0.749. The SMILES string of the molecule is Cc1cc(Br)nc(-c2cc(F)ccc2F)n1. The minimum Gasteiger partial charge on any atom is -0.233 e. The number of halogens is 3. The number of hydrogen-bond acceptors (Lipinski definition) is 2. The van der Waals surface area contributed by atoms with Crippen molar-refractivity contribution in [2.75, 3.05) is 0 Å². The summed E-state index contributed by atoms with van der Waals surface area (Å²) in [5.41, 5.74) is 0.741. The van der Waals surface area contributed by atoms with Crippen molar-refractivity contribution in [3.8, 4) is 11.4 Å². The molecule has 0 bridgehead atoms. The Labute approximate surface area is 99.5 Å². The summed E-state index contributed by atoms with van der Waals surface area (Å²) in [6.45, 7) is 1.76. The van der Waals surface area contributed by atoms with Crippen molar-refractivity contribution in [2.45, 2.75) is 6.92 Å². The second-order valence-corrected chi connectivity index (χ2v) is 4.09. The van der Waals surface area contributed by atoms with Crippen molar-refractivity contribution in [3.63, 3.8) is 0 Å². The summed E-state index contributed by atoms with van der Waals surface area (Å²) < 4.78 is 27.0. The third kappa shape index (κ3) is 2.24. The molecular weight excluding hydrogens is 278 g/mol. The van der Waals surface area contributed by atoms with E-state index in [0.29, 0.717) is 10.3 Å². The monoisotopic (exact) mass is 284 g/mol. The summed E-state index contributed by atoms with van der Waals surface area (Å²) in [6, 6.07) is 4.89. The fourth-order valence-corrected chi connectivity index (χ4v) is 1.82. The zero-order valence-electron chi connectivity index (χ0n) is 8.34. The van der Waals surface area contributed by atoms with E-state index in [1.54, 1.807) is 13.0 Å². The fourth-order valence-electron chi connectivity index (χ4n) is 1.32. The first-order valence-electron chi connectivity index (χ1n) is 4.53. The Morgan fingerprint density at radius 1 is 1.12 bits per heavy atom. The van der Waals surface area contributed by atoms with Crippen LogP contribution in [0.15, 0.2) is 28.9 Å². The van der Waals surface area contributed by atoms with Crippen molar-refractivity contribution < 1.29 is 8.78 Å². The first-order chi connectivity index (χ1) is 7.56. The molecule has 0 saturated carbocycles. The van der Waals surface area contributed by atoms with Crippen LogP contribution in [0.25, 0.3) is 11.4 Å². The van der Waals surface area contributed by atoms with Crippen molar-refractivity contribution >= 4 is 15.9 Å². The molecule has 2 nitrogen and oxygen atoms in total. The van der Waals surface area contributed by atoms with Gasteiger partial charge in [0.2, 0.25) is 0 Å². The molecule has 1 aromatic carbocycles. The minimum atomic E-state index is -0.543. The largest absolute Gasteiger partial charge is 0.233 e. The van der Waals surface area contributed by atoms with Gasteiger partial charge in [0.25, 0.3) is 0 Å². The lowest BCUT2D eigenvalue weighted by Crippen LogP contribution is -1.95. The summed E-state index contributed by atoms with van der Waals surface area (Å²) in [7, 11) is 0. The van der Waals surface area contributed by atoms with E-state index >= 15 is 0 Å². The van der Waals surface area contributed by atoms with Gasteiger partial charge < -0.3 is 0 Å². The number of aromatic nitrogens is 2. The molecule has 0 radical (unpaired) electrons. The van der Waals surface area contributed by atoms with E-state index in [1.165, 1.54) is 0 Å². The molecule has 0 aliphatic heterocycles. The first kappa shape index (κ1) is 11.1. The van der Waals surface area contributed by atoms with Gasteiger partial charge in [0, 0.05) is 5.69 Å². The highest BCUT2D eigenvalue weighted by Gasteiger charge is 2.10. The lowest BCUT2D eigenvalue weighted by molar-refractivity contribution is 0.602. The highest BCUT2D eigenvalue weighted by Crippen LogP contribution is 2.22. The van der Waals surface area contributed by atoms with Crippen LogP contribution >= 0.6 is 15.9 Å². The fraction of sp³-hybridized carbons (Fsp3) is 0.0909. The zero-order valence-corrected chi connectivity index (χ0v) is 9.92. The van der Waals surface area contributed by atoms with Gasteiger partial charge in [0.15, 0.2) is 5.82 Å². The van der Waals surface area contributed by atoms with E-state index < -0.39 is 11.6 Å².